The average Bonchev–Trinajstić information content (AvgIpc) is 2.66. The predicted octanol–water partition coefficient (Wildman–Crippen LogP) is 3.78. The average molecular weight is 362 g/mol. The monoisotopic (exact) mass is 362 g/mol. The van der Waals surface area contributed by atoms with Gasteiger partial charge in [0.15, 0.2) is 11.5 Å². The number of aromatic nitrogens is 2. The van der Waals surface area contributed by atoms with Gasteiger partial charge in [-0.1, -0.05) is 24.3 Å². The lowest BCUT2D eigenvalue weighted by atomic mass is 10.1. The van der Waals surface area contributed by atoms with Crippen LogP contribution in [0.5, 0.6) is 5.75 Å². The van der Waals surface area contributed by atoms with Gasteiger partial charge in [0.2, 0.25) is 0 Å². The number of rotatable bonds is 6. The zero-order valence-corrected chi connectivity index (χ0v) is 15.6. The number of carbonyl (C=O) groups is 1. The first-order valence-corrected chi connectivity index (χ1v) is 8.64. The van der Waals surface area contributed by atoms with Gasteiger partial charge in [0.05, 0.1) is 7.11 Å². The molecule has 0 aliphatic carbocycles. The van der Waals surface area contributed by atoms with Gasteiger partial charge in [0.1, 0.15) is 5.75 Å². The van der Waals surface area contributed by atoms with Crippen LogP contribution in [0, 0.1) is 13.8 Å². The van der Waals surface area contributed by atoms with Crippen molar-refractivity contribution in [3.05, 3.63) is 77.0 Å². The van der Waals surface area contributed by atoms with E-state index in [0.29, 0.717) is 12.4 Å². The lowest BCUT2D eigenvalue weighted by molar-refractivity contribution is 0.0944. The molecule has 27 heavy (non-hydrogen) atoms. The molecule has 0 saturated carbocycles. The van der Waals surface area contributed by atoms with Gasteiger partial charge in [-0.3, -0.25) is 4.79 Å². The molecule has 0 radical (unpaired) electrons. The van der Waals surface area contributed by atoms with Crippen LogP contribution in [0.25, 0.3) is 0 Å². The van der Waals surface area contributed by atoms with Crippen LogP contribution >= 0.6 is 0 Å². The van der Waals surface area contributed by atoms with Gasteiger partial charge < -0.3 is 15.4 Å². The molecular formula is C21H22N4O2. The van der Waals surface area contributed by atoms with Crippen LogP contribution in [0.1, 0.15) is 27.2 Å². The number of ether oxygens (including phenoxy) is 1. The maximum atomic E-state index is 12.3. The van der Waals surface area contributed by atoms with Gasteiger partial charge in [-0.25, -0.2) is 0 Å². The number of anilines is 2. The Kier molecular flexibility index (Phi) is 5.66. The highest BCUT2D eigenvalue weighted by molar-refractivity contribution is 5.92. The minimum Gasteiger partial charge on any atom is -0.496 e. The van der Waals surface area contributed by atoms with Gasteiger partial charge in [0.25, 0.3) is 5.91 Å². The normalized spacial score (nSPS) is 10.3. The molecule has 3 aromatic rings. The fourth-order valence-corrected chi connectivity index (χ4v) is 2.83. The van der Waals surface area contributed by atoms with Crippen LogP contribution < -0.4 is 15.4 Å². The van der Waals surface area contributed by atoms with Crippen molar-refractivity contribution in [2.75, 3.05) is 12.4 Å². The molecular weight excluding hydrogens is 340 g/mol. The molecule has 6 heteroatoms. The standard InChI is InChI=1S/C21H22N4O2/c1-14-10-15(2)12-17(11-14)23-20-9-8-18(24-25-20)21(26)22-13-16-6-4-5-7-19(16)27-3/h4-12H,13H2,1-3H3,(H,22,26)(H,23,25). The predicted molar refractivity (Wildman–Crippen MR) is 105 cm³/mol. The summed E-state index contributed by atoms with van der Waals surface area (Å²) in [4.78, 5) is 12.3. The fourth-order valence-electron chi connectivity index (χ4n) is 2.83. The van der Waals surface area contributed by atoms with E-state index < -0.39 is 0 Å². The molecule has 1 heterocycles. The van der Waals surface area contributed by atoms with Gasteiger partial charge in [-0.15, -0.1) is 10.2 Å². The largest absolute Gasteiger partial charge is 0.496 e. The summed E-state index contributed by atoms with van der Waals surface area (Å²) in [5.41, 5.74) is 4.43. The van der Waals surface area contributed by atoms with Gasteiger partial charge in [-0.05, 0) is 55.3 Å². The highest BCUT2D eigenvalue weighted by atomic mass is 16.5. The van der Waals surface area contributed by atoms with E-state index in [0.717, 1.165) is 28.1 Å². The number of nitrogens with one attached hydrogen (secondary N) is 2. The van der Waals surface area contributed by atoms with Crippen LogP contribution in [0.15, 0.2) is 54.6 Å². The number of hydrogen-bond acceptors (Lipinski definition) is 5. The molecule has 2 aromatic carbocycles. The first-order chi connectivity index (χ1) is 13.0. The third kappa shape index (κ3) is 4.82. The quantitative estimate of drug-likeness (QED) is 0.698. The van der Waals surface area contributed by atoms with Crippen molar-refractivity contribution in [2.24, 2.45) is 0 Å². The second-order valence-corrected chi connectivity index (χ2v) is 6.30. The van der Waals surface area contributed by atoms with E-state index >= 15 is 0 Å². The second kappa shape index (κ2) is 8.31. The van der Waals surface area contributed by atoms with E-state index in [1.54, 1.807) is 19.2 Å². The highest BCUT2D eigenvalue weighted by Gasteiger charge is 2.10. The Morgan fingerprint density at radius 1 is 1.00 bits per heavy atom. The molecule has 0 fully saturated rings. The van der Waals surface area contributed by atoms with Gasteiger partial charge >= 0.3 is 0 Å². The summed E-state index contributed by atoms with van der Waals surface area (Å²) in [6.45, 7) is 4.44. The Morgan fingerprint density at radius 3 is 2.41 bits per heavy atom. The molecule has 0 bridgehead atoms. The van der Waals surface area contributed by atoms with Gasteiger partial charge in [-0.2, -0.15) is 0 Å². The maximum absolute atomic E-state index is 12.3. The molecule has 1 aromatic heterocycles. The Hall–Kier alpha value is -3.41. The smallest absolute Gasteiger partial charge is 0.272 e. The third-order valence-corrected chi connectivity index (χ3v) is 4.02. The molecule has 0 aliphatic rings. The van der Waals surface area contributed by atoms with Crippen molar-refractivity contribution in [3.63, 3.8) is 0 Å². The zero-order valence-electron chi connectivity index (χ0n) is 15.6. The van der Waals surface area contributed by atoms with Crippen molar-refractivity contribution in [2.45, 2.75) is 20.4 Å². The SMILES string of the molecule is COc1ccccc1CNC(=O)c1ccc(Nc2cc(C)cc(C)c2)nn1. The topological polar surface area (TPSA) is 76.1 Å². The third-order valence-electron chi connectivity index (χ3n) is 4.02. The van der Waals surface area contributed by atoms with Crippen molar-refractivity contribution in [1.82, 2.24) is 15.5 Å². The molecule has 3 rings (SSSR count). The number of para-hydroxylation sites is 1. The molecule has 138 valence electrons. The van der Waals surface area contributed by atoms with Crippen LogP contribution in [0.2, 0.25) is 0 Å². The Bertz CT molecular complexity index is 919. The van der Waals surface area contributed by atoms with Crippen molar-refractivity contribution >= 4 is 17.4 Å². The molecule has 0 aliphatic heterocycles. The number of hydrogen-bond donors (Lipinski definition) is 2. The number of benzene rings is 2. The van der Waals surface area contributed by atoms with Crippen molar-refractivity contribution < 1.29 is 9.53 Å². The highest BCUT2D eigenvalue weighted by Crippen LogP contribution is 2.18. The fraction of sp³-hybridized carbons (Fsp3) is 0.190. The van der Waals surface area contributed by atoms with Crippen molar-refractivity contribution in [3.8, 4) is 5.75 Å². The van der Waals surface area contributed by atoms with Crippen LogP contribution in [0.3, 0.4) is 0 Å². The number of carbonyl (C=O) groups excluding carboxylic acids is 1. The van der Waals surface area contributed by atoms with Crippen LogP contribution in [-0.2, 0) is 6.54 Å². The van der Waals surface area contributed by atoms with E-state index in [1.165, 1.54) is 0 Å². The van der Waals surface area contributed by atoms with Crippen LogP contribution in [-0.4, -0.2) is 23.2 Å². The summed E-state index contributed by atoms with van der Waals surface area (Å²) in [6, 6.07) is 17.1. The zero-order chi connectivity index (χ0) is 19.2. The minimum atomic E-state index is -0.286. The number of nitrogens with zero attached hydrogens (tertiary/aromatic N) is 2. The van der Waals surface area contributed by atoms with E-state index in [9.17, 15) is 4.79 Å². The van der Waals surface area contributed by atoms with Crippen molar-refractivity contribution in [1.29, 1.82) is 0 Å². The molecule has 6 nitrogen and oxygen atoms in total. The van der Waals surface area contributed by atoms with E-state index in [1.807, 2.05) is 50.2 Å². The molecule has 1 amide bonds. The minimum absolute atomic E-state index is 0.260. The summed E-state index contributed by atoms with van der Waals surface area (Å²) in [6.07, 6.45) is 0. The van der Waals surface area contributed by atoms with E-state index in [2.05, 4.69) is 26.9 Å². The lowest BCUT2D eigenvalue weighted by Crippen LogP contribution is -2.24. The molecule has 0 unspecified atom stereocenters. The van der Waals surface area contributed by atoms with Crippen LogP contribution in [0.4, 0.5) is 11.5 Å². The number of methoxy groups -OCH3 is 1. The first-order valence-electron chi connectivity index (χ1n) is 8.64. The maximum Gasteiger partial charge on any atom is 0.272 e. The Balaban J connectivity index is 1.63. The summed E-state index contributed by atoms with van der Waals surface area (Å²) in [7, 11) is 1.60. The summed E-state index contributed by atoms with van der Waals surface area (Å²) in [5.74, 6) is 1.03. The molecule has 0 saturated heterocycles. The Morgan fingerprint density at radius 2 is 1.74 bits per heavy atom. The van der Waals surface area contributed by atoms with E-state index in [4.69, 9.17) is 4.74 Å². The number of aryl methyl sites for hydroxylation is 2. The summed E-state index contributed by atoms with van der Waals surface area (Å²) >= 11 is 0. The molecule has 0 spiro atoms. The van der Waals surface area contributed by atoms with Gasteiger partial charge in [0, 0.05) is 17.8 Å². The summed E-state index contributed by atoms with van der Waals surface area (Å²) < 4.78 is 5.28. The lowest BCUT2D eigenvalue weighted by Gasteiger charge is -2.10. The molecule has 0 atom stereocenters. The summed E-state index contributed by atoms with van der Waals surface area (Å²) in [5, 5.41) is 14.2. The molecule has 2 N–H and O–H groups in total. The second-order valence-electron chi connectivity index (χ2n) is 6.30. The Labute approximate surface area is 158 Å². The first kappa shape index (κ1) is 18.4. The van der Waals surface area contributed by atoms with E-state index in [-0.39, 0.29) is 11.6 Å². The number of amides is 1.